The minimum atomic E-state index is -1.14. The molecule has 0 fully saturated rings. The standard InChI is InChI=1S/C17H12Cl2N2O4/c18-11-2-1-9(13(19)7-11)5-12-6-10(8-20)17(25)16(21-12)14(22)3-4-15(23)24/h1-2,6-7,25H,3-5H2,(H,23,24). The first-order valence-electron chi connectivity index (χ1n) is 7.13. The van der Waals surface area contributed by atoms with E-state index in [4.69, 9.17) is 33.6 Å². The first-order valence-corrected chi connectivity index (χ1v) is 7.89. The number of halogens is 2. The number of aromatic hydroxyl groups is 1. The second kappa shape index (κ2) is 7.97. The number of ketones is 1. The number of carbonyl (C=O) groups is 2. The fraction of sp³-hybridized carbons (Fsp3) is 0.176. The van der Waals surface area contributed by atoms with Gasteiger partial charge in [0.05, 0.1) is 12.0 Å². The lowest BCUT2D eigenvalue weighted by atomic mass is 10.0. The Hall–Kier alpha value is -2.62. The molecule has 0 bridgehead atoms. The summed E-state index contributed by atoms with van der Waals surface area (Å²) in [6.07, 6.45) is -0.509. The molecule has 1 aromatic carbocycles. The van der Waals surface area contributed by atoms with Gasteiger partial charge in [-0.05, 0) is 23.8 Å². The monoisotopic (exact) mass is 378 g/mol. The maximum Gasteiger partial charge on any atom is 0.303 e. The quantitative estimate of drug-likeness (QED) is 0.742. The minimum Gasteiger partial charge on any atom is -0.504 e. The molecule has 2 aromatic rings. The lowest BCUT2D eigenvalue weighted by molar-refractivity contribution is -0.136. The van der Waals surface area contributed by atoms with Gasteiger partial charge in [-0.2, -0.15) is 5.26 Å². The zero-order valence-corrected chi connectivity index (χ0v) is 14.3. The average Bonchev–Trinajstić information content (AvgIpc) is 2.56. The Bertz CT molecular complexity index is 891. The summed E-state index contributed by atoms with van der Waals surface area (Å²) in [6.45, 7) is 0. The highest BCUT2D eigenvalue weighted by Gasteiger charge is 2.19. The Labute approximate surface area is 153 Å². The van der Waals surface area contributed by atoms with Crippen LogP contribution in [-0.2, 0) is 11.2 Å². The number of carbonyl (C=O) groups excluding carboxylic acids is 1. The number of pyridine rings is 1. The predicted molar refractivity (Wildman–Crippen MR) is 91.1 cm³/mol. The Balaban J connectivity index is 2.39. The van der Waals surface area contributed by atoms with E-state index in [2.05, 4.69) is 4.98 Å². The third kappa shape index (κ3) is 4.69. The third-order valence-electron chi connectivity index (χ3n) is 3.38. The van der Waals surface area contributed by atoms with Crippen LogP contribution >= 0.6 is 23.2 Å². The smallest absolute Gasteiger partial charge is 0.303 e. The molecule has 1 heterocycles. The van der Waals surface area contributed by atoms with Gasteiger partial charge in [0.1, 0.15) is 11.8 Å². The van der Waals surface area contributed by atoms with Gasteiger partial charge in [0.25, 0.3) is 0 Å². The molecule has 0 unspecified atom stereocenters. The van der Waals surface area contributed by atoms with Gasteiger partial charge >= 0.3 is 5.97 Å². The van der Waals surface area contributed by atoms with Gasteiger partial charge in [-0.1, -0.05) is 29.3 Å². The van der Waals surface area contributed by atoms with E-state index in [-0.39, 0.29) is 24.1 Å². The van der Waals surface area contributed by atoms with Crippen molar-refractivity contribution in [1.82, 2.24) is 4.98 Å². The second-order valence-corrected chi connectivity index (χ2v) is 6.04. The van der Waals surface area contributed by atoms with Gasteiger partial charge in [0, 0.05) is 28.6 Å². The molecule has 8 heteroatoms. The van der Waals surface area contributed by atoms with Crippen molar-refractivity contribution in [2.75, 3.05) is 0 Å². The van der Waals surface area contributed by atoms with Crippen molar-refractivity contribution < 1.29 is 19.8 Å². The van der Waals surface area contributed by atoms with E-state index in [1.165, 1.54) is 6.07 Å². The van der Waals surface area contributed by atoms with Crippen LogP contribution in [0.5, 0.6) is 5.75 Å². The SMILES string of the molecule is N#Cc1cc(Cc2ccc(Cl)cc2Cl)nc(C(=O)CCC(=O)O)c1O. The van der Waals surface area contributed by atoms with E-state index in [0.29, 0.717) is 21.3 Å². The summed E-state index contributed by atoms with van der Waals surface area (Å²) in [5.41, 5.74) is 0.587. The number of nitriles is 1. The molecule has 0 amide bonds. The molecule has 0 aliphatic rings. The first kappa shape index (κ1) is 18.7. The lowest BCUT2D eigenvalue weighted by Crippen LogP contribution is -2.09. The van der Waals surface area contributed by atoms with Gasteiger partial charge < -0.3 is 10.2 Å². The van der Waals surface area contributed by atoms with Crippen LogP contribution in [0.2, 0.25) is 10.0 Å². The van der Waals surface area contributed by atoms with E-state index >= 15 is 0 Å². The highest BCUT2D eigenvalue weighted by Crippen LogP contribution is 2.27. The minimum absolute atomic E-state index is 0.117. The van der Waals surface area contributed by atoms with Gasteiger partial charge in [0.2, 0.25) is 0 Å². The lowest BCUT2D eigenvalue weighted by Gasteiger charge is -2.09. The maximum atomic E-state index is 12.1. The van der Waals surface area contributed by atoms with Crippen LogP contribution in [0.1, 0.15) is 40.2 Å². The highest BCUT2D eigenvalue weighted by atomic mass is 35.5. The van der Waals surface area contributed by atoms with E-state index in [0.717, 1.165) is 0 Å². The number of aliphatic carboxylic acids is 1. The van der Waals surface area contributed by atoms with Crippen molar-refractivity contribution in [3.05, 3.63) is 56.8 Å². The molecule has 0 atom stereocenters. The molecule has 128 valence electrons. The van der Waals surface area contributed by atoms with Gasteiger partial charge in [-0.3, -0.25) is 9.59 Å². The number of benzene rings is 1. The summed E-state index contributed by atoms with van der Waals surface area (Å²) in [7, 11) is 0. The number of carboxylic acids is 1. The van der Waals surface area contributed by atoms with Crippen LogP contribution in [-0.4, -0.2) is 26.9 Å². The summed E-state index contributed by atoms with van der Waals surface area (Å²) in [5, 5.41) is 28.7. The summed E-state index contributed by atoms with van der Waals surface area (Å²) in [6, 6.07) is 8.04. The Morgan fingerprint density at radius 1 is 1.20 bits per heavy atom. The number of nitrogens with zero attached hydrogens (tertiary/aromatic N) is 2. The zero-order chi connectivity index (χ0) is 18.6. The Kier molecular flexibility index (Phi) is 5.97. The summed E-state index contributed by atoms with van der Waals surface area (Å²) < 4.78 is 0. The number of carboxylic acid groups (broad SMARTS) is 1. The molecule has 2 rings (SSSR count). The van der Waals surface area contributed by atoms with Crippen LogP contribution in [0.3, 0.4) is 0 Å². The number of rotatable bonds is 6. The van der Waals surface area contributed by atoms with E-state index in [9.17, 15) is 14.7 Å². The number of Topliss-reactive ketones (excluding diaryl/α,β-unsaturated/α-hetero) is 1. The normalized spacial score (nSPS) is 10.3. The van der Waals surface area contributed by atoms with Crippen molar-refractivity contribution in [3.8, 4) is 11.8 Å². The molecule has 1 aromatic heterocycles. The molecule has 0 radical (unpaired) electrons. The third-order valence-corrected chi connectivity index (χ3v) is 3.97. The fourth-order valence-corrected chi connectivity index (χ4v) is 2.64. The van der Waals surface area contributed by atoms with E-state index in [1.807, 2.05) is 0 Å². The van der Waals surface area contributed by atoms with Gasteiger partial charge in [-0.15, -0.1) is 0 Å². The van der Waals surface area contributed by atoms with Crippen molar-refractivity contribution in [1.29, 1.82) is 5.26 Å². The van der Waals surface area contributed by atoms with Crippen LogP contribution < -0.4 is 0 Å². The molecule has 25 heavy (non-hydrogen) atoms. The largest absolute Gasteiger partial charge is 0.504 e. The molecule has 2 N–H and O–H groups in total. The van der Waals surface area contributed by atoms with Crippen molar-refractivity contribution in [3.63, 3.8) is 0 Å². The van der Waals surface area contributed by atoms with Crippen LogP contribution in [0, 0.1) is 11.3 Å². The number of hydrogen-bond acceptors (Lipinski definition) is 5. The molecule has 0 saturated carbocycles. The fourth-order valence-electron chi connectivity index (χ4n) is 2.16. The molecule has 6 nitrogen and oxygen atoms in total. The summed E-state index contributed by atoms with van der Waals surface area (Å²) in [4.78, 5) is 26.8. The van der Waals surface area contributed by atoms with Gasteiger partial charge in [0.15, 0.2) is 11.5 Å². The molecule has 0 saturated heterocycles. The van der Waals surface area contributed by atoms with E-state index in [1.54, 1.807) is 24.3 Å². The number of aromatic nitrogens is 1. The molecule has 0 aliphatic heterocycles. The van der Waals surface area contributed by atoms with Crippen LogP contribution in [0.25, 0.3) is 0 Å². The van der Waals surface area contributed by atoms with Crippen molar-refractivity contribution >= 4 is 35.0 Å². The van der Waals surface area contributed by atoms with Crippen LogP contribution in [0.15, 0.2) is 24.3 Å². The Morgan fingerprint density at radius 3 is 2.52 bits per heavy atom. The average molecular weight is 379 g/mol. The van der Waals surface area contributed by atoms with Crippen molar-refractivity contribution in [2.45, 2.75) is 19.3 Å². The van der Waals surface area contributed by atoms with Gasteiger partial charge in [-0.25, -0.2) is 4.98 Å². The highest BCUT2D eigenvalue weighted by molar-refractivity contribution is 6.35. The molecule has 0 aliphatic carbocycles. The predicted octanol–water partition coefficient (Wildman–Crippen LogP) is 3.60. The maximum absolute atomic E-state index is 12.1. The molecular weight excluding hydrogens is 367 g/mol. The summed E-state index contributed by atoms with van der Waals surface area (Å²) >= 11 is 12.0. The first-order chi connectivity index (χ1) is 11.8. The number of hydrogen-bond donors (Lipinski definition) is 2. The van der Waals surface area contributed by atoms with Crippen LogP contribution in [0.4, 0.5) is 0 Å². The van der Waals surface area contributed by atoms with E-state index < -0.39 is 23.9 Å². The second-order valence-electron chi connectivity index (χ2n) is 5.20. The van der Waals surface area contributed by atoms with Crippen molar-refractivity contribution in [2.24, 2.45) is 0 Å². The summed E-state index contributed by atoms with van der Waals surface area (Å²) in [5.74, 6) is -2.35. The Morgan fingerprint density at radius 2 is 1.92 bits per heavy atom. The molecule has 0 spiro atoms. The topological polar surface area (TPSA) is 111 Å². The zero-order valence-electron chi connectivity index (χ0n) is 12.8. The molecular formula is C17H12Cl2N2O4.